The van der Waals surface area contributed by atoms with Gasteiger partial charge in [-0.1, -0.05) is 0 Å². The van der Waals surface area contributed by atoms with Crippen LogP contribution in [0.2, 0.25) is 0 Å². The number of hydrazine groups is 1. The van der Waals surface area contributed by atoms with Gasteiger partial charge < -0.3 is 0 Å². The topological polar surface area (TPSA) is 80.9 Å². The van der Waals surface area contributed by atoms with Crippen LogP contribution in [0.15, 0.2) is 12.4 Å². The Bertz CT molecular complexity index is 273. The van der Waals surface area contributed by atoms with E-state index in [1.54, 1.807) is 6.92 Å². The smallest absolute Gasteiger partial charge is 0.267 e. The molecule has 0 aliphatic heterocycles. The van der Waals surface area contributed by atoms with Crippen molar-refractivity contribution in [1.82, 2.24) is 15.6 Å². The van der Waals surface area contributed by atoms with Crippen LogP contribution in [0.5, 0.6) is 0 Å². The molecule has 1 heterocycles. The molecule has 0 fully saturated rings. The highest BCUT2D eigenvalue weighted by atomic mass is 16.2. The Morgan fingerprint density at radius 2 is 2.18 bits per heavy atom. The number of nitrogens with one attached hydrogen (secondary N) is 1. The zero-order valence-corrected chi connectivity index (χ0v) is 6.03. The first-order valence-corrected chi connectivity index (χ1v) is 3.04. The van der Waals surface area contributed by atoms with Crippen LogP contribution in [-0.2, 0) is 0 Å². The molecule has 1 rings (SSSR count). The monoisotopic (exact) mass is 152 g/mol. The van der Waals surface area contributed by atoms with E-state index in [9.17, 15) is 4.79 Å². The van der Waals surface area contributed by atoms with Gasteiger partial charge in [0.1, 0.15) is 0 Å². The number of aromatic nitrogens is 2. The molecule has 58 valence electrons. The van der Waals surface area contributed by atoms with Gasteiger partial charge in [-0.05, 0) is 12.5 Å². The number of hydrogen-bond acceptors (Lipinski definition) is 4. The molecule has 0 bridgehead atoms. The van der Waals surface area contributed by atoms with Crippen molar-refractivity contribution in [3.8, 4) is 0 Å². The second-order valence-electron chi connectivity index (χ2n) is 2.06. The fourth-order valence-corrected chi connectivity index (χ4v) is 0.698. The third-order valence-corrected chi connectivity index (χ3v) is 1.31. The van der Waals surface area contributed by atoms with Crippen LogP contribution < -0.4 is 11.3 Å². The Hall–Kier alpha value is -1.49. The van der Waals surface area contributed by atoms with E-state index in [0.717, 1.165) is 5.56 Å². The third-order valence-electron chi connectivity index (χ3n) is 1.31. The van der Waals surface area contributed by atoms with Crippen LogP contribution in [0.3, 0.4) is 0 Å². The quantitative estimate of drug-likeness (QED) is 0.319. The fraction of sp³-hybridized carbons (Fsp3) is 0.167. The van der Waals surface area contributed by atoms with E-state index in [1.807, 2.05) is 5.43 Å². The number of nitrogens with two attached hydrogens (primary N) is 1. The normalized spacial score (nSPS) is 9.27. The first kappa shape index (κ1) is 7.62. The van der Waals surface area contributed by atoms with Crippen molar-refractivity contribution in [2.24, 2.45) is 5.84 Å². The summed E-state index contributed by atoms with van der Waals surface area (Å²) in [5.74, 6) is 4.58. The van der Waals surface area contributed by atoms with Gasteiger partial charge in [0.25, 0.3) is 5.91 Å². The molecular weight excluding hydrogens is 144 g/mol. The van der Waals surface area contributed by atoms with Crippen molar-refractivity contribution in [3.63, 3.8) is 0 Å². The molecule has 3 N–H and O–H groups in total. The second-order valence-corrected chi connectivity index (χ2v) is 2.06. The lowest BCUT2D eigenvalue weighted by Crippen LogP contribution is -2.30. The maximum absolute atomic E-state index is 10.9. The number of amides is 1. The van der Waals surface area contributed by atoms with Crippen LogP contribution in [0.4, 0.5) is 0 Å². The molecule has 0 saturated carbocycles. The van der Waals surface area contributed by atoms with Crippen molar-refractivity contribution in [3.05, 3.63) is 23.5 Å². The number of nitrogen functional groups attached to an aromatic ring is 1. The lowest BCUT2D eigenvalue weighted by atomic mass is 10.2. The minimum atomic E-state index is -0.350. The van der Waals surface area contributed by atoms with Crippen LogP contribution >= 0.6 is 0 Å². The van der Waals surface area contributed by atoms with Gasteiger partial charge in [-0.3, -0.25) is 10.2 Å². The Morgan fingerprint density at radius 3 is 2.73 bits per heavy atom. The van der Waals surface area contributed by atoms with Crippen molar-refractivity contribution in [2.75, 3.05) is 0 Å². The molecule has 0 aliphatic rings. The molecule has 0 atom stereocenters. The minimum Gasteiger partial charge on any atom is -0.290 e. The number of nitrogens with zero attached hydrogens (tertiary/aromatic N) is 2. The molecule has 5 nitrogen and oxygen atoms in total. The van der Waals surface area contributed by atoms with Gasteiger partial charge in [-0.25, -0.2) is 5.84 Å². The Morgan fingerprint density at radius 1 is 1.55 bits per heavy atom. The van der Waals surface area contributed by atoms with Crippen molar-refractivity contribution in [2.45, 2.75) is 6.92 Å². The Kier molecular flexibility index (Phi) is 2.12. The predicted octanol–water partition coefficient (Wildman–Crippen LogP) is -0.611. The van der Waals surface area contributed by atoms with Crippen LogP contribution in [-0.4, -0.2) is 16.1 Å². The molecule has 0 spiro atoms. The average Bonchev–Trinajstić information content (AvgIpc) is 2.04. The molecule has 1 aromatic heterocycles. The largest absolute Gasteiger partial charge is 0.290 e. The van der Waals surface area contributed by atoms with E-state index in [4.69, 9.17) is 5.84 Å². The summed E-state index contributed by atoms with van der Waals surface area (Å²) in [5, 5.41) is 7.14. The first-order valence-electron chi connectivity index (χ1n) is 3.04. The predicted molar refractivity (Wildman–Crippen MR) is 38.4 cm³/mol. The molecule has 0 saturated heterocycles. The molecule has 0 radical (unpaired) electrons. The summed E-state index contributed by atoms with van der Waals surface area (Å²) in [6.45, 7) is 1.76. The lowest BCUT2D eigenvalue weighted by molar-refractivity contribution is 0.0952. The van der Waals surface area contributed by atoms with E-state index in [-0.39, 0.29) is 5.91 Å². The van der Waals surface area contributed by atoms with Crippen molar-refractivity contribution >= 4 is 5.91 Å². The van der Waals surface area contributed by atoms with Gasteiger partial charge >= 0.3 is 0 Å². The van der Waals surface area contributed by atoms with Crippen molar-refractivity contribution in [1.29, 1.82) is 0 Å². The van der Waals surface area contributed by atoms with Crippen LogP contribution in [0.25, 0.3) is 0 Å². The van der Waals surface area contributed by atoms with E-state index in [2.05, 4.69) is 10.2 Å². The summed E-state index contributed by atoms with van der Waals surface area (Å²) < 4.78 is 0. The molecule has 1 amide bonds. The highest BCUT2D eigenvalue weighted by molar-refractivity contribution is 5.94. The number of rotatable bonds is 1. The van der Waals surface area contributed by atoms with Crippen LogP contribution in [0, 0.1) is 6.92 Å². The van der Waals surface area contributed by atoms with E-state index in [0.29, 0.717) is 5.56 Å². The number of hydrogen-bond donors (Lipinski definition) is 2. The molecular formula is C6H8N4O. The summed E-state index contributed by atoms with van der Waals surface area (Å²) in [7, 11) is 0. The van der Waals surface area contributed by atoms with Gasteiger partial charge in [0.15, 0.2) is 0 Å². The summed E-state index contributed by atoms with van der Waals surface area (Å²) in [6, 6.07) is 0. The maximum atomic E-state index is 10.9. The summed E-state index contributed by atoms with van der Waals surface area (Å²) in [6.07, 6.45) is 2.88. The molecule has 0 unspecified atom stereocenters. The SMILES string of the molecule is Cc1cnncc1C(=O)NN. The summed E-state index contributed by atoms with van der Waals surface area (Å²) in [4.78, 5) is 10.9. The lowest BCUT2D eigenvalue weighted by Gasteiger charge is -1.99. The maximum Gasteiger partial charge on any atom is 0.267 e. The van der Waals surface area contributed by atoms with E-state index >= 15 is 0 Å². The highest BCUT2D eigenvalue weighted by Gasteiger charge is 2.05. The van der Waals surface area contributed by atoms with Crippen LogP contribution in [0.1, 0.15) is 15.9 Å². The number of carbonyl (C=O) groups is 1. The van der Waals surface area contributed by atoms with Gasteiger partial charge in [-0.15, -0.1) is 0 Å². The van der Waals surface area contributed by atoms with Gasteiger partial charge in [0.2, 0.25) is 0 Å². The number of carbonyl (C=O) groups excluding carboxylic acids is 1. The number of aryl methyl sites for hydroxylation is 1. The van der Waals surface area contributed by atoms with Crippen molar-refractivity contribution < 1.29 is 4.79 Å². The Labute approximate surface area is 63.6 Å². The van der Waals surface area contributed by atoms with Gasteiger partial charge in [-0.2, -0.15) is 10.2 Å². The molecule has 1 aromatic rings. The third kappa shape index (κ3) is 1.50. The van der Waals surface area contributed by atoms with Gasteiger partial charge in [0, 0.05) is 0 Å². The summed E-state index contributed by atoms with van der Waals surface area (Å²) >= 11 is 0. The standard InChI is InChI=1S/C6H8N4O/c1-4-2-8-9-3-5(4)6(11)10-7/h2-3H,7H2,1H3,(H,10,11). The zero-order valence-electron chi connectivity index (χ0n) is 6.03. The summed E-state index contributed by atoms with van der Waals surface area (Å²) in [5.41, 5.74) is 3.21. The average molecular weight is 152 g/mol. The van der Waals surface area contributed by atoms with E-state index in [1.165, 1.54) is 12.4 Å². The molecule has 5 heteroatoms. The van der Waals surface area contributed by atoms with E-state index < -0.39 is 0 Å². The Balaban J connectivity index is 3.03. The first-order chi connectivity index (χ1) is 5.25. The molecule has 11 heavy (non-hydrogen) atoms. The second kappa shape index (κ2) is 3.07. The highest BCUT2D eigenvalue weighted by Crippen LogP contribution is 2.01. The minimum absolute atomic E-state index is 0.350. The van der Waals surface area contributed by atoms with Gasteiger partial charge in [0.05, 0.1) is 18.0 Å². The fourth-order valence-electron chi connectivity index (χ4n) is 0.698. The zero-order chi connectivity index (χ0) is 8.27. The molecule has 0 aliphatic carbocycles. The molecule has 0 aromatic carbocycles.